The minimum atomic E-state index is -1.17. The molecule has 2 rings (SSSR count). The van der Waals surface area contributed by atoms with Gasteiger partial charge in [0.1, 0.15) is 0 Å². The van der Waals surface area contributed by atoms with E-state index in [0.717, 1.165) is 12.0 Å². The second-order valence-corrected chi connectivity index (χ2v) is 3.11. The van der Waals surface area contributed by atoms with Crippen LogP contribution < -0.4 is 0 Å². The second-order valence-electron chi connectivity index (χ2n) is 3.11. The maximum Gasteiger partial charge on any atom is 0.0431 e. The standard InChI is InChI=1S/C10H14N2/c1-12-7-3-5-10(12)9-4-2-6-11-8-9/h2,4,6,8,10H,3,5,7H2,1H3/t10-/m0/s1/i7D2. The van der Waals surface area contributed by atoms with Crippen molar-refractivity contribution in [3.05, 3.63) is 30.1 Å². The van der Waals surface area contributed by atoms with Crippen LogP contribution in [0.15, 0.2) is 24.5 Å². The van der Waals surface area contributed by atoms with E-state index in [0.29, 0.717) is 6.42 Å². The molecule has 0 aromatic carbocycles. The highest BCUT2D eigenvalue weighted by molar-refractivity contribution is 5.14. The molecule has 0 spiro atoms. The van der Waals surface area contributed by atoms with Crippen molar-refractivity contribution in [2.45, 2.75) is 18.9 Å². The van der Waals surface area contributed by atoms with Crippen molar-refractivity contribution in [2.24, 2.45) is 0 Å². The first-order valence-electron chi connectivity index (χ1n) is 5.24. The summed E-state index contributed by atoms with van der Waals surface area (Å²) in [7, 11) is 1.84. The van der Waals surface area contributed by atoms with E-state index < -0.39 is 6.50 Å². The van der Waals surface area contributed by atoms with Crippen LogP contribution in [0, 0.1) is 0 Å². The molecule has 1 saturated heterocycles. The van der Waals surface area contributed by atoms with Gasteiger partial charge in [0.05, 0.1) is 0 Å². The Hall–Kier alpha value is -0.890. The van der Waals surface area contributed by atoms with E-state index in [1.54, 1.807) is 11.1 Å². The molecule has 1 aromatic rings. The van der Waals surface area contributed by atoms with Gasteiger partial charge in [-0.3, -0.25) is 9.88 Å². The van der Waals surface area contributed by atoms with Gasteiger partial charge in [-0.1, -0.05) is 6.07 Å². The minimum absolute atomic E-state index is 0.179. The lowest BCUT2D eigenvalue weighted by molar-refractivity contribution is 0.317. The molecule has 1 fully saturated rings. The largest absolute Gasteiger partial charge is 0.299 e. The number of likely N-dealkylation sites (tertiary alicyclic amines) is 1. The molecule has 0 N–H and O–H groups in total. The van der Waals surface area contributed by atoms with Gasteiger partial charge >= 0.3 is 0 Å². The molecule has 64 valence electrons. The number of aromatic nitrogens is 1. The summed E-state index contributed by atoms with van der Waals surface area (Å²) >= 11 is 0. The Bertz CT molecular complexity index is 313. The molecule has 0 saturated carbocycles. The van der Waals surface area contributed by atoms with Crippen LogP contribution in [-0.2, 0) is 0 Å². The summed E-state index contributed by atoms with van der Waals surface area (Å²) in [4.78, 5) is 5.86. The number of pyridine rings is 1. The first kappa shape index (κ1) is 5.70. The highest BCUT2D eigenvalue weighted by Gasteiger charge is 2.21. The third-order valence-corrected chi connectivity index (χ3v) is 2.32. The summed E-state index contributed by atoms with van der Waals surface area (Å²) in [6.45, 7) is -1.17. The topological polar surface area (TPSA) is 16.1 Å². The zero-order chi connectivity index (χ0) is 10.2. The van der Waals surface area contributed by atoms with Crippen LogP contribution in [0.4, 0.5) is 0 Å². The van der Waals surface area contributed by atoms with Crippen molar-refractivity contribution in [2.75, 3.05) is 13.5 Å². The van der Waals surface area contributed by atoms with Crippen LogP contribution in [0.25, 0.3) is 0 Å². The van der Waals surface area contributed by atoms with Crippen molar-refractivity contribution in [3.8, 4) is 0 Å². The fraction of sp³-hybridized carbons (Fsp3) is 0.500. The molecule has 0 amide bonds. The summed E-state index contributed by atoms with van der Waals surface area (Å²) < 4.78 is 15.5. The van der Waals surface area contributed by atoms with E-state index >= 15 is 0 Å². The third kappa shape index (κ3) is 1.34. The van der Waals surface area contributed by atoms with Gasteiger partial charge in [-0.05, 0) is 38.0 Å². The quantitative estimate of drug-likeness (QED) is 0.629. The number of hydrogen-bond acceptors (Lipinski definition) is 2. The van der Waals surface area contributed by atoms with E-state index in [-0.39, 0.29) is 6.04 Å². The van der Waals surface area contributed by atoms with Gasteiger partial charge in [0, 0.05) is 21.2 Å². The predicted molar refractivity (Wildman–Crippen MR) is 48.8 cm³/mol. The van der Waals surface area contributed by atoms with Crippen LogP contribution in [0.3, 0.4) is 0 Å². The third-order valence-electron chi connectivity index (χ3n) is 2.32. The summed E-state index contributed by atoms with van der Waals surface area (Å²) in [5.41, 5.74) is 1.11. The highest BCUT2D eigenvalue weighted by Crippen LogP contribution is 2.29. The Morgan fingerprint density at radius 1 is 1.75 bits per heavy atom. The Balaban J connectivity index is 2.23. The van der Waals surface area contributed by atoms with Crippen molar-refractivity contribution in [3.63, 3.8) is 0 Å². The van der Waals surface area contributed by atoms with Gasteiger partial charge in [-0.2, -0.15) is 0 Å². The molecule has 1 aliphatic heterocycles. The highest BCUT2D eigenvalue weighted by atomic mass is 15.1. The van der Waals surface area contributed by atoms with Crippen molar-refractivity contribution in [1.82, 2.24) is 9.88 Å². The second kappa shape index (κ2) is 3.23. The average Bonchev–Trinajstić information content (AvgIpc) is 2.44. The lowest BCUT2D eigenvalue weighted by atomic mass is 10.1. The lowest BCUT2D eigenvalue weighted by Crippen LogP contribution is -2.17. The zero-order valence-corrected chi connectivity index (χ0v) is 7.20. The molecule has 1 aliphatic rings. The summed E-state index contributed by atoms with van der Waals surface area (Å²) in [6.07, 6.45) is 5.04. The Morgan fingerprint density at radius 2 is 2.67 bits per heavy atom. The maximum atomic E-state index is 7.74. The van der Waals surface area contributed by atoms with E-state index in [9.17, 15) is 0 Å². The smallest absolute Gasteiger partial charge is 0.0431 e. The number of hydrogen-bond donors (Lipinski definition) is 0. The molecule has 1 aromatic heterocycles. The van der Waals surface area contributed by atoms with Gasteiger partial charge in [0.2, 0.25) is 0 Å². The summed E-state index contributed by atoms with van der Waals surface area (Å²) in [6, 6.07) is 4.09. The maximum absolute atomic E-state index is 7.74. The average molecular weight is 164 g/mol. The fourth-order valence-electron chi connectivity index (χ4n) is 1.64. The Labute approximate surface area is 76.0 Å². The number of nitrogens with zero attached hydrogens (tertiary/aromatic N) is 2. The predicted octanol–water partition coefficient (Wildman–Crippen LogP) is 1.85. The molecule has 0 radical (unpaired) electrons. The number of rotatable bonds is 1. The van der Waals surface area contributed by atoms with E-state index in [2.05, 4.69) is 4.98 Å². The van der Waals surface area contributed by atoms with E-state index in [1.807, 2.05) is 25.4 Å². The van der Waals surface area contributed by atoms with Crippen molar-refractivity contribution >= 4 is 0 Å². The molecule has 2 heterocycles. The molecule has 0 bridgehead atoms. The van der Waals surface area contributed by atoms with Crippen LogP contribution in [0.5, 0.6) is 0 Å². The first-order valence-corrected chi connectivity index (χ1v) is 4.24. The molecule has 2 heteroatoms. The van der Waals surface area contributed by atoms with Crippen molar-refractivity contribution < 1.29 is 2.74 Å². The SMILES string of the molecule is [2H]C1([2H])CC[C@@H](c2cccnc2)N1C. The Morgan fingerprint density at radius 3 is 3.25 bits per heavy atom. The molecular formula is C10H14N2. The summed E-state index contributed by atoms with van der Waals surface area (Å²) in [5.74, 6) is 0. The van der Waals surface area contributed by atoms with Crippen LogP contribution in [0.1, 0.15) is 27.2 Å². The molecule has 12 heavy (non-hydrogen) atoms. The van der Waals surface area contributed by atoms with E-state index in [4.69, 9.17) is 2.74 Å². The zero-order valence-electron chi connectivity index (χ0n) is 9.20. The van der Waals surface area contributed by atoms with Crippen LogP contribution in [0.2, 0.25) is 0 Å². The minimum Gasteiger partial charge on any atom is -0.299 e. The van der Waals surface area contributed by atoms with Crippen LogP contribution >= 0.6 is 0 Å². The molecule has 2 nitrogen and oxygen atoms in total. The van der Waals surface area contributed by atoms with Gasteiger partial charge in [-0.25, -0.2) is 0 Å². The van der Waals surface area contributed by atoms with Gasteiger partial charge in [0.15, 0.2) is 0 Å². The molecular weight excluding hydrogens is 148 g/mol. The molecule has 0 aliphatic carbocycles. The summed E-state index contributed by atoms with van der Waals surface area (Å²) in [5, 5.41) is 0. The Kier molecular flexibility index (Phi) is 1.54. The van der Waals surface area contributed by atoms with Gasteiger partial charge < -0.3 is 0 Å². The first-order chi connectivity index (χ1) is 6.61. The van der Waals surface area contributed by atoms with Gasteiger partial charge in [-0.15, -0.1) is 0 Å². The van der Waals surface area contributed by atoms with E-state index in [1.165, 1.54) is 0 Å². The molecule has 0 unspecified atom stereocenters. The monoisotopic (exact) mass is 164 g/mol. The molecule has 1 atom stereocenters. The fourth-order valence-corrected chi connectivity index (χ4v) is 1.64. The lowest BCUT2D eigenvalue weighted by Gasteiger charge is -2.18. The van der Waals surface area contributed by atoms with Crippen LogP contribution in [-0.4, -0.2) is 23.4 Å². The van der Waals surface area contributed by atoms with Crippen molar-refractivity contribution in [1.29, 1.82) is 0 Å². The van der Waals surface area contributed by atoms with Gasteiger partial charge in [0.25, 0.3) is 0 Å². The normalized spacial score (nSPS) is 31.2.